The van der Waals surface area contributed by atoms with Gasteiger partial charge in [-0.25, -0.2) is 0 Å². The highest BCUT2D eigenvalue weighted by Crippen LogP contribution is 2.24. The van der Waals surface area contributed by atoms with Crippen molar-refractivity contribution in [1.29, 1.82) is 0 Å². The summed E-state index contributed by atoms with van der Waals surface area (Å²) in [7, 11) is 0. The number of halogens is 1. The monoisotopic (exact) mass is 340 g/mol. The van der Waals surface area contributed by atoms with E-state index in [1.165, 1.54) is 18.2 Å². The Hall–Kier alpha value is -3.05. The van der Waals surface area contributed by atoms with E-state index in [4.69, 9.17) is 11.6 Å². The number of phenols is 1. The van der Waals surface area contributed by atoms with Crippen molar-refractivity contribution in [1.82, 2.24) is 10.9 Å². The van der Waals surface area contributed by atoms with Crippen LogP contribution in [0.5, 0.6) is 5.75 Å². The number of hydrogen-bond acceptors (Lipinski definition) is 3. The first kappa shape index (κ1) is 15.8. The standard InChI is InChI=1S/C18H13ClN2O3/c19-14-7-5-11(6-8-14)17(23)20-21-18(24)15-9-12-3-1-2-4-13(12)10-16(15)22/h1-10,22H,(H,20,23)(H,21,24). The molecule has 0 radical (unpaired) electrons. The quantitative estimate of drug-likeness (QED) is 0.626. The normalized spacial score (nSPS) is 10.4. The summed E-state index contributed by atoms with van der Waals surface area (Å²) in [5.41, 5.74) is 5.01. The van der Waals surface area contributed by atoms with E-state index >= 15 is 0 Å². The molecule has 3 aromatic carbocycles. The molecule has 3 aromatic rings. The van der Waals surface area contributed by atoms with Crippen LogP contribution < -0.4 is 10.9 Å². The van der Waals surface area contributed by atoms with Crippen molar-refractivity contribution >= 4 is 34.2 Å². The van der Waals surface area contributed by atoms with Gasteiger partial charge in [0.05, 0.1) is 5.56 Å². The number of benzene rings is 3. The Labute approximate surface area is 142 Å². The first-order valence-corrected chi connectivity index (χ1v) is 7.50. The molecule has 0 unspecified atom stereocenters. The van der Waals surface area contributed by atoms with Crippen LogP contribution >= 0.6 is 11.6 Å². The highest BCUT2D eigenvalue weighted by Gasteiger charge is 2.14. The van der Waals surface area contributed by atoms with E-state index in [-0.39, 0.29) is 11.3 Å². The van der Waals surface area contributed by atoms with E-state index in [1.807, 2.05) is 24.3 Å². The number of aromatic hydroxyl groups is 1. The number of hydrogen-bond donors (Lipinski definition) is 3. The summed E-state index contributed by atoms with van der Waals surface area (Å²) in [6, 6.07) is 16.6. The van der Waals surface area contributed by atoms with Crippen molar-refractivity contribution in [2.75, 3.05) is 0 Å². The smallest absolute Gasteiger partial charge is 0.273 e. The second kappa shape index (κ2) is 6.60. The molecule has 0 aliphatic heterocycles. The van der Waals surface area contributed by atoms with Crippen LogP contribution in [0.25, 0.3) is 10.8 Å². The molecule has 0 atom stereocenters. The summed E-state index contributed by atoms with van der Waals surface area (Å²) < 4.78 is 0. The Kier molecular flexibility index (Phi) is 4.35. The van der Waals surface area contributed by atoms with Crippen LogP contribution in [0.15, 0.2) is 60.7 Å². The lowest BCUT2D eigenvalue weighted by Gasteiger charge is -2.10. The van der Waals surface area contributed by atoms with Gasteiger partial charge in [0.15, 0.2) is 0 Å². The van der Waals surface area contributed by atoms with E-state index in [2.05, 4.69) is 10.9 Å². The van der Waals surface area contributed by atoms with Crippen LogP contribution in [-0.2, 0) is 0 Å². The van der Waals surface area contributed by atoms with Crippen LogP contribution in [0.1, 0.15) is 20.7 Å². The summed E-state index contributed by atoms with van der Waals surface area (Å²) in [5, 5.41) is 12.1. The van der Waals surface area contributed by atoms with Crippen LogP contribution in [0.4, 0.5) is 0 Å². The second-order valence-corrected chi connectivity index (χ2v) is 5.57. The SMILES string of the molecule is O=C(NNC(=O)c1cc2ccccc2cc1O)c1ccc(Cl)cc1. The summed E-state index contributed by atoms with van der Waals surface area (Å²) in [6.45, 7) is 0. The molecule has 3 rings (SSSR count). The highest BCUT2D eigenvalue weighted by atomic mass is 35.5. The lowest BCUT2D eigenvalue weighted by atomic mass is 10.1. The Morgan fingerprint density at radius 3 is 2.08 bits per heavy atom. The topological polar surface area (TPSA) is 78.4 Å². The lowest BCUT2D eigenvalue weighted by Crippen LogP contribution is -2.41. The van der Waals surface area contributed by atoms with Gasteiger partial charge < -0.3 is 5.11 Å². The van der Waals surface area contributed by atoms with Gasteiger partial charge in [-0.2, -0.15) is 0 Å². The zero-order valence-corrected chi connectivity index (χ0v) is 13.2. The average molecular weight is 341 g/mol. The summed E-state index contributed by atoms with van der Waals surface area (Å²) >= 11 is 5.76. The minimum Gasteiger partial charge on any atom is -0.507 e. The molecule has 24 heavy (non-hydrogen) atoms. The largest absolute Gasteiger partial charge is 0.507 e. The van der Waals surface area contributed by atoms with Crippen LogP contribution in [-0.4, -0.2) is 16.9 Å². The van der Waals surface area contributed by atoms with Gasteiger partial charge in [-0.1, -0.05) is 35.9 Å². The predicted octanol–water partition coefficient (Wildman–Crippen LogP) is 3.27. The van der Waals surface area contributed by atoms with Crippen molar-refractivity contribution in [3.05, 3.63) is 76.8 Å². The molecule has 0 bridgehead atoms. The zero-order chi connectivity index (χ0) is 17.1. The van der Waals surface area contributed by atoms with E-state index < -0.39 is 11.8 Å². The van der Waals surface area contributed by atoms with Gasteiger partial charge >= 0.3 is 0 Å². The van der Waals surface area contributed by atoms with Crippen molar-refractivity contribution in [3.8, 4) is 5.75 Å². The Morgan fingerprint density at radius 1 is 0.833 bits per heavy atom. The molecule has 0 saturated heterocycles. The zero-order valence-electron chi connectivity index (χ0n) is 12.4. The van der Waals surface area contributed by atoms with Crippen molar-refractivity contribution in [2.24, 2.45) is 0 Å². The molecule has 0 aliphatic rings. The van der Waals surface area contributed by atoms with Crippen LogP contribution in [0.3, 0.4) is 0 Å². The maximum absolute atomic E-state index is 12.2. The number of nitrogens with one attached hydrogen (secondary N) is 2. The lowest BCUT2D eigenvalue weighted by molar-refractivity contribution is 0.0845. The van der Waals surface area contributed by atoms with Gasteiger partial charge in [-0.3, -0.25) is 20.4 Å². The van der Waals surface area contributed by atoms with Gasteiger partial charge in [0, 0.05) is 10.6 Å². The summed E-state index contributed by atoms with van der Waals surface area (Å²) in [5.74, 6) is -1.26. The molecule has 120 valence electrons. The average Bonchev–Trinajstić information content (AvgIpc) is 2.59. The van der Waals surface area contributed by atoms with E-state index in [9.17, 15) is 14.7 Å². The van der Waals surface area contributed by atoms with Crippen molar-refractivity contribution < 1.29 is 14.7 Å². The number of phenolic OH excluding ortho intramolecular Hbond substituents is 1. The summed E-state index contributed by atoms with van der Waals surface area (Å²) in [6.07, 6.45) is 0. The number of carbonyl (C=O) groups is 2. The highest BCUT2D eigenvalue weighted by molar-refractivity contribution is 6.30. The van der Waals surface area contributed by atoms with E-state index in [0.29, 0.717) is 10.6 Å². The molecule has 5 nitrogen and oxygen atoms in total. The van der Waals surface area contributed by atoms with E-state index in [0.717, 1.165) is 10.8 Å². The molecule has 2 amide bonds. The third kappa shape index (κ3) is 3.31. The van der Waals surface area contributed by atoms with Crippen LogP contribution in [0.2, 0.25) is 5.02 Å². The maximum atomic E-state index is 12.2. The Balaban J connectivity index is 1.74. The molecule has 0 aromatic heterocycles. The third-order valence-corrected chi connectivity index (χ3v) is 3.76. The number of amides is 2. The number of carbonyl (C=O) groups excluding carboxylic acids is 2. The molecule has 0 saturated carbocycles. The molecule has 0 spiro atoms. The Morgan fingerprint density at radius 2 is 1.42 bits per heavy atom. The van der Waals surface area contributed by atoms with E-state index in [1.54, 1.807) is 18.2 Å². The number of rotatable bonds is 2. The predicted molar refractivity (Wildman–Crippen MR) is 92.0 cm³/mol. The van der Waals surface area contributed by atoms with Gasteiger partial charge in [-0.05, 0) is 47.2 Å². The molecule has 0 fully saturated rings. The fourth-order valence-corrected chi connectivity index (χ4v) is 2.39. The summed E-state index contributed by atoms with van der Waals surface area (Å²) in [4.78, 5) is 24.1. The van der Waals surface area contributed by atoms with Crippen molar-refractivity contribution in [3.63, 3.8) is 0 Å². The molecular weight excluding hydrogens is 328 g/mol. The van der Waals surface area contributed by atoms with Gasteiger partial charge in [0.25, 0.3) is 11.8 Å². The minimum absolute atomic E-state index is 0.0742. The van der Waals surface area contributed by atoms with Gasteiger partial charge in [-0.15, -0.1) is 0 Å². The molecule has 6 heteroatoms. The minimum atomic E-state index is -0.611. The van der Waals surface area contributed by atoms with Crippen molar-refractivity contribution in [2.45, 2.75) is 0 Å². The maximum Gasteiger partial charge on any atom is 0.273 e. The first-order chi connectivity index (χ1) is 11.5. The van der Waals surface area contributed by atoms with Gasteiger partial charge in [0.1, 0.15) is 5.75 Å². The van der Waals surface area contributed by atoms with Gasteiger partial charge in [0.2, 0.25) is 0 Å². The number of hydrazine groups is 1. The molecule has 3 N–H and O–H groups in total. The molecule has 0 aliphatic carbocycles. The molecule has 0 heterocycles. The Bertz CT molecular complexity index is 923. The fraction of sp³-hybridized carbons (Fsp3) is 0. The fourth-order valence-electron chi connectivity index (χ4n) is 2.26. The third-order valence-electron chi connectivity index (χ3n) is 3.50. The number of fused-ring (bicyclic) bond motifs is 1. The molecular formula is C18H13ClN2O3. The van der Waals surface area contributed by atoms with Crippen LogP contribution in [0, 0.1) is 0 Å². The first-order valence-electron chi connectivity index (χ1n) is 7.12. The second-order valence-electron chi connectivity index (χ2n) is 5.13.